The smallest absolute Gasteiger partial charge is 0.127 e. The summed E-state index contributed by atoms with van der Waals surface area (Å²) in [5, 5.41) is 14.4. The van der Waals surface area contributed by atoms with Crippen LogP contribution in [0.1, 0.15) is 36.5 Å². The van der Waals surface area contributed by atoms with Gasteiger partial charge in [0, 0.05) is 5.56 Å². The summed E-state index contributed by atoms with van der Waals surface area (Å²) in [6.07, 6.45) is 2.01. The first-order valence-electron chi connectivity index (χ1n) is 7.05. The SMILES string of the molecule is COc1c(C)cc(C)cc1C(C)(O)C1CCNCC1. The van der Waals surface area contributed by atoms with Crippen LogP contribution in [0.2, 0.25) is 0 Å². The van der Waals surface area contributed by atoms with Crippen molar-refractivity contribution in [2.45, 2.75) is 39.2 Å². The van der Waals surface area contributed by atoms with E-state index < -0.39 is 5.60 Å². The Kier molecular flexibility index (Phi) is 4.16. The Morgan fingerprint density at radius 3 is 2.47 bits per heavy atom. The van der Waals surface area contributed by atoms with Crippen LogP contribution in [0.4, 0.5) is 0 Å². The molecule has 0 spiro atoms. The summed E-state index contributed by atoms with van der Waals surface area (Å²) in [4.78, 5) is 0. The van der Waals surface area contributed by atoms with E-state index in [2.05, 4.69) is 24.4 Å². The number of piperidine rings is 1. The van der Waals surface area contributed by atoms with E-state index in [9.17, 15) is 5.11 Å². The van der Waals surface area contributed by atoms with Gasteiger partial charge in [-0.15, -0.1) is 0 Å². The molecule has 106 valence electrons. The molecule has 1 aliphatic rings. The van der Waals surface area contributed by atoms with Crippen LogP contribution < -0.4 is 10.1 Å². The highest BCUT2D eigenvalue weighted by Gasteiger charge is 2.37. The quantitative estimate of drug-likeness (QED) is 0.880. The van der Waals surface area contributed by atoms with Gasteiger partial charge in [0.1, 0.15) is 5.75 Å². The summed E-state index contributed by atoms with van der Waals surface area (Å²) in [7, 11) is 1.68. The number of hydrogen-bond donors (Lipinski definition) is 2. The summed E-state index contributed by atoms with van der Waals surface area (Å²) in [6.45, 7) is 7.99. The fourth-order valence-electron chi connectivity index (χ4n) is 3.21. The van der Waals surface area contributed by atoms with Gasteiger partial charge in [-0.25, -0.2) is 0 Å². The molecule has 2 rings (SSSR count). The van der Waals surface area contributed by atoms with Gasteiger partial charge in [0.2, 0.25) is 0 Å². The Morgan fingerprint density at radius 1 is 1.26 bits per heavy atom. The van der Waals surface area contributed by atoms with Gasteiger partial charge in [0.15, 0.2) is 0 Å². The molecular formula is C16H25NO2. The van der Waals surface area contributed by atoms with E-state index >= 15 is 0 Å². The van der Waals surface area contributed by atoms with E-state index in [1.807, 2.05) is 13.8 Å². The van der Waals surface area contributed by atoms with Crippen LogP contribution >= 0.6 is 0 Å². The number of hydrogen-bond acceptors (Lipinski definition) is 3. The highest BCUT2D eigenvalue weighted by atomic mass is 16.5. The van der Waals surface area contributed by atoms with Gasteiger partial charge in [0.05, 0.1) is 12.7 Å². The highest BCUT2D eigenvalue weighted by Crippen LogP contribution is 2.41. The van der Waals surface area contributed by atoms with Gasteiger partial charge < -0.3 is 15.2 Å². The summed E-state index contributed by atoms with van der Waals surface area (Å²) in [5.41, 5.74) is 2.36. The fraction of sp³-hybridized carbons (Fsp3) is 0.625. The van der Waals surface area contributed by atoms with Crippen LogP contribution in [0, 0.1) is 19.8 Å². The molecule has 3 heteroatoms. The largest absolute Gasteiger partial charge is 0.496 e. The molecule has 1 heterocycles. The van der Waals surface area contributed by atoms with Gasteiger partial charge in [-0.1, -0.05) is 11.6 Å². The van der Waals surface area contributed by atoms with Crippen molar-refractivity contribution in [3.63, 3.8) is 0 Å². The first-order valence-corrected chi connectivity index (χ1v) is 7.05. The molecule has 0 aliphatic carbocycles. The van der Waals surface area contributed by atoms with Crippen molar-refractivity contribution in [3.05, 3.63) is 28.8 Å². The number of rotatable bonds is 3. The summed E-state index contributed by atoms with van der Waals surface area (Å²) in [6, 6.07) is 4.16. The van der Waals surface area contributed by atoms with Crippen LogP contribution in [0.25, 0.3) is 0 Å². The fourth-order valence-corrected chi connectivity index (χ4v) is 3.21. The molecule has 3 nitrogen and oxygen atoms in total. The predicted octanol–water partition coefficient (Wildman–Crippen LogP) is 2.52. The van der Waals surface area contributed by atoms with Crippen LogP contribution in [-0.4, -0.2) is 25.3 Å². The molecule has 1 saturated heterocycles. The molecule has 0 radical (unpaired) electrons. The second-order valence-corrected chi connectivity index (χ2v) is 5.83. The van der Waals surface area contributed by atoms with E-state index in [4.69, 9.17) is 4.74 Å². The Labute approximate surface area is 116 Å². The zero-order chi connectivity index (χ0) is 14.0. The number of aliphatic hydroxyl groups is 1. The molecule has 1 atom stereocenters. The van der Waals surface area contributed by atoms with Gasteiger partial charge in [-0.2, -0.15) is 0 Å². The lowest BCUT2D eigenvalue weighted by Crippen LogP contribution is -2.40. The standard InChI is InChI=1S/C16H25NO2/c1-11-9-12(2)15(19-4)14(10-11)16(3,18)13-5-7-17-8-6-13/h9-10,13,17-18H,5-8H2,1-4H3. The Morgan fingerprint density at radius 2 is 1.89 bits per heavy atom. The van der Waals surface area contributed by atoms with Crippen molar-refractivity contribution >= 4 is 0 Å². The molecule has 0 aromatic heterocycles. The molecule has 1 aromatic rings. The lowest BCUT2D eigenvalue weighted by Gasteiger charge is -2.37. The van der Waals surface area contributed by atoms with Gasteiger partial charge in [-0.05, 0) is 64.3 Å². The lowest BCUT2D eigenvalue weighted by molar-refractivity contribution is -0.0204. The van der Waals surface area contributed by atoms with Gasteiger partial charge >= 0.3 is 0 Å². The first kappa shape index (κ1) is 14.4. The second-order valence-electron chi connectivity index (χ2n) is 5.83. The number of methoxy groups -OCH3 is 1. The third-order valence-electron chi connectivity index (χ3n) is 4.30. The molecule has 19 heavy (non-hydrogen) atoms. The highest BCUT2D eigenvalue weighted by molar-refractivity contribution is 5.47. The average Bonchev–Trinajstić information content (AvgIpc) is 2.39. The Balaban J connectivity index is 2.43. The van der Waals surface area contributed by atoms with Gasteiger partial charge in [-0.3, -0.25) is 0 Å². The lowest BCUT2D eigenvalue weighted by atomic mass is 9.76. The molecule has 1 aliphatic heterocycles. The Bertz CT molecular complexity index is 448. The minimum absolute atomic E-state index is 0.281. The molecular weight excluding hydrogens is 238 g/mol. The number of aryl methyl sites for hydroxylation is 2. The molecule has 0 amide bonds. The van der Waals surface area contributed by atoms with Crippen LogP contribution in [0.5, 0.6) is 5.75 Å². The zero-order valence-corrected chi connectivity index (χ0v) is 12.4. The van der Waals surface area contributed by atoms with E-state index in [1.54, 1.807) is 7.11 Å². The maximum Gasteiger partial charge on any atom is 0.127 e. The molecule has 1 aromatic carbocycles. The van der Waals surface area contributed by atoms with Crippen molar-refractivity contribution in [2.24, 2.45) is 5.92 Å². The summed E-state index contributed by atoms with van der Waals surface area (Å²) >= 11 is 0. The molecule has 2 N–H and O–H groups in total. The van der Waals surface area contributed by atoms with Gasteiger partial charge in [0.25, 0.3) is 0 Å². The van der Waals surface area contributed by atoms with E-state index in [-0.39, 0.29) is 5.92 Å². The Hall–Kier alpha value is -1.06. The average molecular weight is 263 g/mol. The third-order valence-corrected chi connectivity index (χ3v) is 4.30. The van der Waals surface area contributed by atoms with Crippen molar-refractivity contribution < 1.29 is 9.84 Å². The first-order chi connectivity index (χ1) is 8.96. The van der Waals surface area contributed by atoms with Crippen LogP contribution in [0.15, 0.2) is 12.1 Å². The topological polar surface area (TPSA) is 41.5 Å². The van der Waals surface area contributed by atoms with Crippen LogP contribution in [0.3, 0.4) is 0 Å². The zero-order valence-electron chi connectivity index (χ0n) is 12.4. The van der Waals surface area contributed by atoms with Crippen LogP contribution in [-0.2, 0) is 5.60 Å². The molecule has 0 bridgehead atoms. The van der Waals surface area contributed by atoms with E-state index in [1.165, 1.54) is 5.56 Å². The minimum atomic E-state index is -0.829. The van der Waals surface area contributed by atoms with Crippen molar-refractivity contribution in [1.82, 2.24) is 5.32 Å². The van der Waals surface area contributed by atoms with Crippen molar-refractivity contribution in [3.8, 4) is 5.75 Å². The second kappa shape index (κ2) is 5.51. The number of nitrogens with one attached hydrogen (secondary N) is 1. The normalized spacial score (nSPS) is 20.1. The minimum Gasteiger partial charge on any atom is -0.496 e. The maximum absolute atomic E-state index is 11.1. The molecule has 0 saturated carbocycles. The molecule has 1 fully saturated rings. The molecule has 1 unspecified atom stereocenters. The maximum atomic E-state index is 11.1. The van der Waals surface area contributed by atoms with E-state index in [0.717, 1.165) is 42.8 Å². The monoisotopic (exact) mass is 263 g/mol. The van der Waals surface area contributed by atoms with Crippen molar-refractivity contribution in [2.75, 3.05) is 20.2 Å². The number of benzene rings is 1. The van der Waals surface area contributed by atoms with Crippen molar-refractivity contribution in [1.29, 1.82) is 0 Å². The van der Waals surface area contributed by atoms with E-state index in [0.29, 0.717) is 0 Å². The summed E-state index contributed by atoms with van der Waals surface area (Å²) < 4.78 is 5.53. The predicted molar refractivity (Wildman–Crippen MR) is 77.6 cm³/mol. The summed E-state index contributed by atoms with van der Waals surface area (Å²) in [5.74, 6) is 1.11. The third kappa shape index (κ3) is 2.77. The number of ether oxygens (including phenoxy) is 1.